The Balaban J connectivity index is 2.64. The van der Waals surface area contributed by atoms with Crippen molar-refractivity contribution in [1.29, 1.82) is 0 Å². The van der Waals surface area contributed by atoms with Gasteiger partial charge in [0, 0.05) is 11.1 Å². The normalized spacial score (nSPS) is 15.1. The average molecular weight is 368 g/mol. The Bertz CT molecular complexity index is 762. The fourth-order valence-electron chi connectivity index (χ4n) is 3.34. The fraction of sp³-hybridized carbons (Fsp3) is 0.500. The van der Waals surface area contributed by atoms with Gasteiger partial charge in [0.15, 0.2) is 5.78 Å². The van der Waals surface area contributed by atoms with Crippen LogP contribution in [0.4, 0.5) is 5.69 Å². The van der Waals surface area contributed by atoms with E-state index < -0.39 is 0 Å². The van der Waals surface area contributed by atoms with Gasteiger partial charge < -0.3 is 5.11 Å². The van der Waals surface area contributed by atoms with Crippen molar-refractivity contribution in [2.75, 3.05) is 0 Å². The van der Waals surface area contributed by atoms with Crippen LogP contribution in [0.15, 0.2) is 40.4 Å². The average Bonchev–Trinajstić information content (AvgIpc) is 2.56. The van der Waals surface area contributed by atoms with Crippen LogP contribution in [0.3, 0.4) is 0 Å². The van der Waals surface area contributed by atoms with Crippen LogP contribution in [0.2, 0.25) is 0 Å². The molecule has 1 aliphatic carbocycles. The minimum absolute atomic E-state index is 0.135. The van der Waals surface area contributed by atoms with Gasteiger partial charge in [0.2, 0.25) is 0 Å². The van der Waals surface area contributed by atoms with Crippen LogP contribution < -0.4 is 0 Å². The molecule has 0 spiro atoms. The van der Waals surface area contributed by atoms with E-state index in [0.717, 1.165) is 33.7 Å². The van der Waals surface area contributed by atoms with Crippen LogP contribution in [-0.2, 0) is 4.79 Å². The van der Waals surface area contributed by atoms with E-state index in [1.807, 2.05) is 52.0 Å². The second-order valence-corrected chi connectivity index (χ2v) is 8.66. The third-order valence-corrected chi connectivity index (χ3v) is 5.03. The molecule has 1 aliphatic rings. The third-order valence-electron chi connectivity index (χ3n) is 5.03. The molecule has 146 valence electrons. The van der Waals surface area contributed by atoms with Crippen molar-refractivity contribution in [3.05, 3.63) is 46.6 Å². The second-order valence-electron chi connectivity index (χ2n) is 8.66. The van der Waals surface area contributed by atoms with Gasteiger partial charge in [-0.25, -0.2) is 4.99 Å². The number of rotatable bonds is 5. The lowest BCUT2D eigenvalue weighted by Crippen LogP contribution is -2.20. The Morgan fingerprint density at radius 2 is 1.15 bits per heavy atom. The number of aliphatic imine (C=N–C) groups is 1. The summed E-state index contributed by atoms with van der Waals surface area (Å²) >= 11 is 0. The van der Waals surface area contributed by atoms with E-state index in [1.165, 1.54) is 0 Å². The summed E-state index contributed by atoms with van der Waals surface area (Å²) in [5.74, 6) is 1.23. The molecule has 3 nitrogen and oxygen atoms in total. The van der Waals surface area contributed by atoms with E-state index in [2.05, 4.69) is 27.7 Å². The largest absolute Gasteiger partial charge is 0.507 e. The lowest BCUT2D eigenvalue weighted by molar-refractivity contribution is -0.113. The summed E-state index contributed by atoms with van der Waals surface area (Å²) < 4.78 is 0. The minimum atomic E-state index is 0.135. The summed E-state index contributed by atoms with van der Waals surface area (Å²) in [5, 5.41) is 10.6. The van der Waals surface area contributed by atoms with Crippen molar-refractivity contribution >= 4 is 17.2 Å². The minimum Gasteiger partial charge on any atom is -0.507 e. The standard InChI is InChI=1S/C24H33NO2/c1-13(2)19-9-17(10-20(14(3)4)23(19)26)25-18-11-21(15(5)6)24(27)22(12-18)16(7)8/h9-16,26H,1-8H3. The molecule has 0 radical (unpaired) electrons. The van der Waals surface area contributed by atoms with Gasteiger partial charge in [0.1, 0.15) is 5.75 Å². The highest BCUT2D eigenvalue weighted by Crippen LogP contribution is 2.37. The molecule has 0 bridgehead atoms. The lowest BCUT2D eigenvalue weighted by Gasteiger charge is -2.20. The summed E-state index contributed by atoms with van der Waals surface area (Å²) in [6, 6.07) is 3.92. The Labute approximate surface area is 163 Å². The van der Waals surface area contributed by atoms with Crippen molar-refractivity contribution in [1.82, 2.24) is 0 Å². The molecule has 0 fully saturated rings. The van der Waals surface area contributed by atoms with E-state index >= 15 is 0 Å². The zero-order chi connectivity index (χ0) is 20.5. The number of phenols is 1. The molecule has 3 heteroatoms. The van der Waals surface area contributed by atoms with Gasteiger partial charge in [-0.2, -0.15) is 0 Å². The highest BCUT2D eigenvalue weighted by Gasteiger charge is 2.25. The first-order chi connectivity index (χ1) is 12.5. The number of carbonyl (C=O) groups excluding carboxylic acids is 1. The van der Waals surface area contributed by atoms with Crippen LogP contribution in [0.1, 0.15) is 78.4 Å². The molecule has 0 saturated heterocycles. The van der Waals surface area contributed by atoms with E-state index in [-0.39, 0.29) is 29.5 Å². The molecule has 0 heterocycles. The van der Waals surface area contributed by atoms with Gasteiger partial charge in [0.05, 0.1) is 11.4 Å². The van der Waals surface area contributed by atoms with Gasteiger partial charge in [-0.15, -0.1) is 0 Å². The maximum absolute atomic E-state index is 12.7. The molecule has 1 N–H and O–H groups in total. The van der Waals surface area contributed by atoms with Gasteiger partial charge in [-0.1, -0.05) is 55.4 Å². The molecule has 1 aromatic rings. The Hall–Kier alpha value is -2.16. The van der Waals surface area contributed by atoms with Gasteiger partial charge in [0.25, 0.3) is 0 Å². The van der Waals surface area contributed by atoms with E-state index in [1.54, 1.807) is 0 Å². The fourth-order valence-corrected chi connectivity index (χ4v) is 3.34. The topological polar surface area (TPSA) is 49.7 Å². The maximum Gasteiger partial charge on any atom is 0.185 e. The number of benzene rings is 1. The molecule has 27 heavy (non-hydrogen) atoms. The monoisotopic (exact) mass is 367 g/mol. The number of aromatic hydroxyl groups is 1. The molecular formula is C24H33NO2. The molecular weight excluding hydrogens is 334 g/mol. The molecule has 0 aliphatic heterocycles. The number of hydrogen-bond acceptors (Lipinski definition) is 3. The number of nitrogens with zero attached hydrogens (tertiary/aromatic N) is 1. The third kappa shape index (κ3) is 4.58. The number of Topliss-reactive ketones (excluding diaryl/α,β-unsaturated/α-hetero) is 1. The van der Waals surface area contributed by atoms with Gasteiger partial charge in [-0.3, -0.25) is 4.79 Å². The van der Waals surface area contributed by atoms with Crippen LogP contribution in [0.5, 0.6) is 5.75 Å². The first-order valence-corrected chi connectivity index (χ1v) is 9.96. The SMILES string of the molecule is CC(C)C1=CC(=Nc2cc(C(C)C)c(O)c(C(C)C)c2)C=C(C(C)C)C1=O. The molecule has 0 saturated carbocycles. The highest BCUT2D eigenvalue weighted by atomic mass is 16.3. The van der Waals surface area contributed by atoms with Crippen LogP contribution in [0, 0.1) is 11.8 Å². The van der Waals surface area contributed by atoms with Crippen LogP contribution in [-0.4, -0.2) is 16.6 Å². The molecule has 0 amide bonds. The zero-order valence-electron chi connectivity index (χ0n) is 17.9. The summed E-state index contributed by atoms with van der Waals surface area (Å²) in [5.41, 5.74) is 5.07. The Kier molecular flexibility index (Phi) is 6.46. The van der Waals surface area contributed by atoms with Gasteiger partial charge >= 0.3 is 0 Å². The zero-order valence-corrected chi connectivity index (χ0v) is 17.9. The Morgan fingerprint density at radius 1 is 0.741 bits per heavy atom. The van der Waals surface area contributed by atoms with E-state index in [4.69, 9.17) is 4.99 Å². The quantitative estimate of drug-likeness (QED) is 0.607. The van der Waals surface area contributed by atoms with Crippen molar-refractivity contribution in [2.24, 2.45) is 16.8 Å². The van der Waals surface area contributed by atoms with Crippen molar-refractivity contribution in [3.8, 4) is 5.75 Å². The van der Waals surface area contributed by atoms with Crippen molar-refractivity contribution in [2.45, 2.75) is 67.2 Å². The van der Waals surface area contributed by atoms with Crippen LogP contribution in [0.25, 0.3) is 0 Å². The molecule has 0 atom stereocenters. The predicted octanol–water partition coefficient (Wildman–Crippen LogP) is 6.46. The lowest BCUT2D eigenvalue weighted by atomic mass is 9.84. The summed E-state index contributed by atoms with van der Waals surface area (Å²) in [4.78, 5) is 17.6. The Morgan fingerprint density at radius 3 is 1.48 bits per heavy atom. The first-order valence-electron chi connectivity index (χ1n) is 9.96. The maximum atomic E-state index is 12.7. The number of ketones is 1. The van der Waals surface area contributed by atoms with Crippen molar-refractivity contribution < 1.29 is 9.90 Å². The van der Waals surface area contributed by atoms with Crippen LogP contribution >= 0.6 is 0 Å². The van der Waals surface area contributed by atoms with E-state index in [9.17, 15) is 9.90 Å². The highest BCUT2D eigenvalue weighted by molar-refractivity contribution is 6.22. The summed E-state index contributed by atoms with van der Waals surface area (Å²) in [7, 11) is 0. The summed E-state index contributed by atoms with van der Waals surface area (Å²) in [6.45, 7) is 16.5. The molecule has 0 unspecified atom stereocenters. The number of carbonyl (C=O) groups is 1. The predicted molar refractivity (Wildman–Crippen MR) is 114 cm³/mol. The smallest absolute Gasteiger partial charge is 0.185 e. The number of allylic oxidation sites excluding steroid dienone is 4. The molecule has 1 aromatic carbocycles. The van der Waals surface area contributed by atoms with Crippen molar-refractivity contribution in [3.63, 3.8) is 0 Å². The first kappa shape index (κ1) is 21.1. The summed E-state index contributed by atoms with van der Waals surface area (Å²) in [6.07, 6.45) is 3.83. The van der Waals surface area contributed by atoms with Gasteiger partial charge in [-0.05, 0) is 59.1 Å². The molecule has 0 aromatic heterocycles. The number of phenolic OH excluding ortho intramolecular Hbond substituents is 1. The second kappa shape index (κ2) is 8.24. The molecule has 2 rings (SSSR count). The van der Waals surface area contributed by atoms with E-state index in [0.29, 0.717) is 5.75 Å². The number of hydrogen-bond donors (Lipinski definition) is 1.